The number of para-hydroxylation sites is 1. The number of hydrogen-bond donors (Lipinski definition) is 2. The van der Waals surface area contributed by atoms with Crippen molar-refractivity contribution >= 4 is 33.5 Å². The second-order valence-corrected chi connectivity index (χ2v) is 3.89. The first-order valence-corrected chi connectivity index (χ1v) is 5.09. The van der Waals surface area contributed by atoms with Gasteiger partial charge in [0.05, 0.1) is 10.2 Å². The lowest BCUT2D eigenvalue weighted by atomic mass is 10.3. The lowest BCUT2D eigenvalue weighted by molar-refractivity contribution is -0.124. The van der Waals surface area contributed by atoms with Crippen molar-refractivity contribution in [3.05, 3.63) is 35.3 Å². The van der Waals surface area contributed by atoms with E-state index in [4.69, 9.17) is 5.21 Å². The highest BCUT2D eigenvalue weighted by atomic mass is 32.1. The zero-order valence-corrected chi connectivity index (χ0v) is 8.49. The molecule has 0 fully saturated rings. The third-order valence-corrected chi connectivity index (χ3v) is 2.80. The first-order chi connectivity index (χ1) is 7.29. The molecule has 0 saturated carbocycles. The Morgan fingerprint density at radius 1 is 1.47 bits per heavy atom. The molecule has 0 aliphatic heterocycles. The van der Waals surface area contributed by atoms with Crippen LogP contribution in [-0.2, 0) is 4.79 Å². The van der Waals surface area contributed by atoms with Crippen LogP contribution in [0.5, 0.6) is 0 Å². The fourth-order valence-electron chi connectivity index (χ4n) is 1.15. The monoisotopic (exact) mass is 220 g/mol. The van der Waals surface area contributed by atoms with Crippen molar-refractivity contribution in [1.82, 2.24) is 10.5 Å². The molecule has 0 bridgehead atoms. The van der Waals surface area contributed by atoms with Crippen LogP contribution in [0, 0.1) is 0 Å². The van der Waals surface area contributed by atoms with Gasteiger partial charge in [0.1, 0.15) is 5.01 Å². The van der Waals surface area contributed by atoms with E-state index < -0.39 is 5.91 Å². The van der Waals surface area contributed by atoms with Crippen LogP contribution in [0.3, 0.4) is 0 Å². The van der Waals surface area contributed by atoms with Gasteiger partial charge in [0, 0.05) is 6.08 Å². The number of nitrogens with zero attached hydrogens (tertiary/aromatic N) is 1. The summed E-state index contributed by atoms with van der Waals surface area (Å²) in [5, 5.41) is 9.02. The highest BCUT2D eigenvalue weighted by molar-refractivity contribution is 7.19. The molecule has 2 aromatic rings. The summed E-state index contributed by atoms with van der Waals surface area (Å²) >= 11 is 1.49. The topological polar surface area (TPSA) is 62.2 Å². The molecular weight excluding hydrogens is 212 g/mol. The van der Waals surface area contributed by atoms with Crippen molar-refractivity contribution in [2.45, 2.75) is 0 Å². The Balaban J connectivity index is 2.29. The highest BCUT2D eigenvalue weighted by Crippen LogP contribution is 2.22. The number of aromatic nitrogens is 1. The Labute approximate surface area is 89.8 Å². The molecule has 0 saturated heterocycles. The van der Waals surface area contributed by atoms with Gasteiger partial charge >= 0.3 is 0 Å². The van der Waals surface area contributed by atoms with Gasteiger partial charge in [-0.15, -0.1) is 11.3 Å². The summed E-state index contributed by atoms with van der Waals surface area (Å²) in [6.45, 7) is 0. The Morgan fingerprint density at radius 3 is 3.00 bits per heavy atom. The third kappa shape index (κ3) is 2.20. The summed E-state index contributed by atoms with van der Waals surface area (Å²) in [5.74, 6) is -0.561. The standard InChI is InChI=1S/C10H8N2O2S/c13-9(12-14)5-6-10-11-7-3-1-2-4-8(7)15-10/h1-6,14H,(H,12,13). The zero-order chi connectivity index (χ0) is 10.7. The van der Waals surface area contributed by atoms with Crippen molar-refractivity contribution in [3.63, 3.8) is 0 Å². The number of carbonyl (C=O) groups excluding carboxylic acids is 1. The van der Waals surface area contributed by atoms with E-state index in [1.54, 1.807) is 6.08 Å². The zero-order valence-electron chi connectivity index (χ0n) is 7.68. The average molecular weight is 220 g/mol. The number of hydroxylamine groups is 1. The predicted molar refractivity (Wildman–Crippen MR) is 58.6 cm³/mol. The van der Waals surface area contributed by atoms with Crippen LogP contribution in [0.2, 0.25) is 0 Å². The maximum Gasteiger partial charge on any atom is 0.267 e. The molecule has 1 heterocycles. The van der Waals surface area contributed by atoms with Gasteiger partial charge in [-0.3, -0.25) is 10.0 Å². The molecule has 0 radical (unpaired) electrons. The van der Waals surface area contributed by atoms with Gasteiger partial charge in [0.2, 0.25) is 0 Å². The summed E-state index contributed by atoms with van der Waals surface area (Å²) in [4.78, 5) is 15.0. The number of carbonyl (C=O) groups is 1. The van der Waals surface area contributed by atoms with Gasteiger partial charge in [-0.05, 0) is 18.2 Å². The van der Waals surface area contributed by atoms with Gasteiger partial charge in [-0.2, -0.15) is 0 Å². The lowest BCUT2D eigenvalue weighted by Crippen LogP contribution is -2.14. The first kappa shape index (κ1) is 9.82. The molecule has 1 aromatic heterocycles. The molecule has 1 amide bonds. The van der Waals surface area contributed by atoms with Crippen molar-refractivity contribution in [3.8, 4) is 0 Å². The second-order valence-electron chi connectivity index (χ2n) is 2.83. The molecule has 0 unspecified atom stereocenters. The Kier molecular flexibility index (Phi) is 2.75. The van der Waals surface area contributed by atoms with E-state index in [9.17, 15) is 4.79 Å². The van der Waals surface area contributed by atoms with Gasteiger partial charge in [0.25, 0.3) is 5.91 Å². The Hall–Kier alpha value is -1.72. The second kappa shape index (κ2) is 4.20. The van der Waals surface area contributed by atoms with Crippen LogP contribution in [0.1, 0.15) is 5.01 Å². The number of hydrogen-bond acceptors (Lipinski definition) is 4. The van der Waals surface area contributed by atoms with Crippen LogP contribution < -0.4 is 5.48 Å². The normalized spacial score (nSPS) is 11.0. The van der Waals surface area contributed by atoms with E-state index in [1.807, 2.05) is 24.3 Å². The van der Waals surface area contributed by atoms with Crippen LogP contribution in [0.15, 0.2) is 30.3 Å². The van der Waals surface area contributed by atoms with Crippen LogP contribution in [0.25, 0.3) is 16.3 Å². The van der Waals surface area contributed by atoms with E-state index >= 15 is 0 Å². The van der Waals surface area contributed by atoms with E-state index in [1.165, 1.54) is 22.9 Å². The third-order valence-electron chi connectivity index (χ3n) is 1.80. The summed E-state index contributed by atoms with van der Waals surface area (Å²) in [6.07, 6.45) is 2.80. The van der Waals surface area contributed by atoms with Crippen LogP contribution in [0.4, 0.5) is 0 Å². The number of fused-ring (bicyclic) bond motifs is 1. The minimum absolute atomic E-state index is 0.561. The molecule has 76 valence electrons. The quantitative estimate of drug-likeness (QED) is 0.461. The minimum atomic E-state index is -0.561. The summed E-state index contributed by atoms with van der Waals surface area (Å²) in [7, 11) is 0. The molecule has 2 rings (SSSR count). The number of thiazole rings is 1. The molecular formula is C10H8N2O2S. The summed E-state index contributed by atoms with van der Waals surface area (Å²) in [5.41, 5.74) is 2.43. The van der Waals surface area contributed by atoms with E-state index in [0.29, 0.717) is 0 Å². The molecule has 15 heavy (non-hydrogen) atoms. The fraction of sp³-hybridized carbons (Fsp3) is 0. The van der Waals surface area contributed by atoms with E-state index in [0.717, 1.165) is 15.2 Å². The minimum Gasteiger partial charge on any atom is -0.288 e. The van der Waals surface area contributed by atoms with Crippen LogP contribution >= 0.6 is 11.3 Å². The van der Waals surface area contributed by atoms with Crippen molar-refractivity contribution in [2.24, 2.45) is 0 Å². The summed E-state index contributed by atoms with van der Waals surface area (Å²) < 4.78 is 1.07. The first-order valence-electron chi connectivity index (χ1n) is 4.27. The van der Waals surface area contributed by atoms with Crippen LogP contribution in [-0.4, -0.2) is 16.1 Å². The number of benzene rings is 1. The van der Waals surface area contributed by atoms with Gasteiger partial charge in [-0.1, -0.05) is 12.1 Å². The molecule has 4 nitrogen and oxygen atoms in total. The number of rotatable bonds is 2. The maximum absolute atomic E-state index is 10.7. The SMILES string of the molecule is O=C(C=Cc1nc2ccccc2s1)NO. The number of amides is 1. The Morgan fingerprint density at radius 2 is 2.27 bits per heavy atom. The molecule has 1 aromatic carbocycles. The molecule has 0 aliphatic rings. The summed E-state index contributed by atoms with van der Waals surface area (Å²) in [6, 6.07) is 7.73. The van der Waals surface area contributed by atoms with Crippen molar-refractivity contribution in [1.29, 1.82) is 0 Å². The fourth-order valence-corrected chi connectivity index (χ4v) is 2.02. The van der Waals surface area contributed by atoms with Gasteiger partial charge < -0.3 is 0 Å². The van der Waals surface area contributed by atoms with Crippen molar-refractivity contribution in [2.75, 3.05) is 0 Å². The van der Waals surface area contributed by atoms with E-state index in [-0.39, 0.29) is 0 Å². The van der Waals surface area contributed by atoms with Gasteiger partial charge in [-0.25, -0.2) is 10.5 Å². The predicted octanol–water partition coefficient (Wildman–Crippen LogP) is 1.81. The molecule has 2 N–H and O–H groups in total. The number of nitrogens with one attached hydrogen (secondary N) is 1. The average Bonchev–Trinajstić information content (AvgIpc) is 2.68. The highest BCUT2D eigenvalue weighted by Gasteiger charge is 1.99. The maximum atomic E-state index is 10.7. The largest absolute Gasteiger partial charge is 0.288 e. The molecule has 5 heteroatoms. The molecule has 0 spiro atoms. The molecule has 0 atom stereocenters. The van der Waals surface area contributed by atoms with E-state index in [2.05, 4.69) is 4.98 Å². The molecule has 0 aliphatic carbocycles. The smallest absolute Gasteiger partial charge is 0.267 e. The van der Waals surface area contributed by atoms with Crippen molar-refractivity contribution < 1.29 is 10.0 Å². The van der Waals surface area contributed by atoms with Gasteiger partial charge in [0.15, 0.2) is 0 Å². The Bertz CT molecular complexity index is 486. The lowest BCUT2D eigenvalue weighted by Gasteiger charge is -1.85.